The molecule has 1 rings (SSSR count). The highest BCUT2D eigenvalue weighted by Crippen LogP contribution is 2.27. The molecule has 1 N–H and O–H groups in total. The van der Waals surface area contributed by atoms with E-state index in [0.29, 0.717) is 6.04 Å². The van der Waals surface area contributed by atoms with Crippen LogP contribution in [0.2, 0.25) is 0 Å². The quantitative estimate of drug-likeness (QED) is 0.535. The van der Waals surface area contributed by atoms with Gasteiger partial charge in [0.25, 0.3) is 0 Å². The number of nitrogens with one attached hydrogen (secondary N) is 1. The van der Waals surface area contributed by atoms with Crippen molar-refractivity contribution in [2.45, 2.75) is 46.1 Å². The van der Waals surface area contributed by atoms with Gasteiger partial charge >= 0.3 is 0 Å². The molecule has 1 atom stereocenters. The molecular formula is C16H24IN. The first-order chi connectivity index (χ1) is 8.60. The van der Waals surface area contributed by atoms with E-state index in [2.05, 4.69) is 73.5 Å². The lowest BCUT2D eigenvalue weighted by Gasteiger charge is -2.22. The summed E-state index contributed by atoms with van der Waals surface area (Å²) in [4.78, 5) is 0. The van der Waals surface area contributed by atoms with Crippen molar-refractivity contribution in [2.24, 2.45) is 0 Å². The van der Waals surface area contributed by atoms with Gasteiger partial charge in [-0.25, -0.2) is 0 Å². The maximum Gasteiger partial charge on any atom is 0.0368 e. The molecule has 0 aliphatic heterocycles. The zero-order valence-electron chi connectivity index (χ0n) is 11.7. The van der Waals surface area contributed by atoms with Crippen LogP contribution in [-0.2, 0) is 0 Å². The third-order valence-corrected chi connectivity index (χ3v) is 4.70. The smallest absolute Gasteiger partial charge is 0.0368 e. The molecule has 0 amide bonds. The van der Waals surface area contributed by atoms with Crippen LogP contribution < -0.4 is 5.32 Å². The second kappa shape index (κ2) is 7.95. The van der Waals surface area contributed by atoms with Crippen molar-refractivity contribution >= 4 is 22.6 Å². The van der Waals surface area contributed by atoms with Gasteiger partial charge in [-0.1, -0.05) is 44.2 Å². The monoisotopic (exact) mass is 357 g/mol. The molecule has 1 aromatic carbocycles. The summed E-state index contributed by atoms with van der Waals surface area (Å²) in [6, 6.07) is 6.98. The first-order valence-electron chi connectivity index (χ1n) is 6.75. The summed E-state index contributed by atoms with van der Waals surface area (Å²) in [5.41, 5.74) is 4.10. The van der Waals surface area contributed by atoms with Gasteiger partial charge in [0.05, 0.1) is 0 Å². The third kappa shape index (κ3) is 4.39. The first kappa shape index (κ1) is 15.7. The molecule has 0 saturated heterocycles. The van der Waals surface area contributed by atoms with Crippen molar-refractivity contribution in [1.82, 2.24) is 5.32 Å². The Morgan fingerprint density at radius 2 is 2.11 bits per heavy atom. The molecule has 0 bridgehead atoms. The summed E-state index contributed by atoms with van der Waals surface area (Å²) in [7, 11) is 0. The summed E-state index contributed by atoms with van der Waals surface area (Å²) in [6.07, 6.45) is 3.26. The van der Waals surface area contributed by atoms with Crippen LogP contribution >= 0.6 is 22.6 Å². The summed E-state index contributed by atoms with van der Waals surface area (Å²) in [5, 5.41) is 3.65. The van der Waals surface area contributed by atoms with E-state index in [1.165, 1.54) is 20.3 Å². The van der Waals surface area contributed by atoms with Gasteiger partial charge < -0.3 is 5.32 Å². The summed E-state index contributed by atoms with van der Waals surface area (Å²) < 4.78 is 1.38. The zero-order chi connectivity index (χ0) is 13.5. The standard InChI is InChI=1S/C16H24IN/c1-5-10-18-15(11-12(3)6-2)14-9-7-8-13(4)16(14)17/h7-9,15,18H,3,5-6,10-11H2,1-2,4H3. The molecule has 1 unspecified atom stereocenters. The molecule has 18 heavy (non-hydrogen) atoms. The summed E-state index contributed by atoms with van der Waals surface area (Å²) >= 11 is 2.46. The van der Waals surface area contributed by atoms with E-state index in [1.54, 1.807) is 0 Å². The molecular weight excluding hydrogens is 333 g/mol. The van der Waals surface area contributed by atoms with Crippen LogP contribution in [0.1, 0.15) is 50.3 Å². The van der Waals surface area contributed by atoms with Crippen molar-refractivity contribution in [1.29, 1.82) is 0 Å². The van der Waals surface area contributed by atoms with E-state index in [-0.39, 0.29) is 0 Å². The molecule has 100 valence electrons. The molecule has 0 spiro atoms. The van der Waals surface area contributed by atoms with E-state index in [1.807, 2.05) is 0 Å². The predicted molar refractivity (Wildman–Crippen MR) is 89.0 cm³/mol. The van der Waals surface area contributed by atoms with Gasteiger partial charge in [0.1, 0.15) is 0 Å². The average molecular weight is 357 g/mol. The Kier molecular flexibility index (Phi) is 6.94. The molecule has 0 saturated carbocycles. The van der Waals surface area contributed by atoms with Crippen molar-refractivity contribution in [2.75, 3.05) is 6.54 Å². The topological polar surface area (TPSA) is 12.0 Å². The predicted octanol–water partition coefficient (Wildman–Crippen LogP) is 5.00. The van der Waals surface area contributed by atoms with E-state index in [0.717, 1.165) is 25.8 Å². The third-order valence-electron chi connectivity index (χ3n) is 3.23. The van der Waals surface area contributed by atoms with E-state index in [9.17, 15) is 0 Å². The van der Waals surface area contributed by atoms with Gasteiger partial charge in [-0.15, -0.1) is 0 Å². The van der Waals surface area contributed by atoms with Crippen LogP contribution in [0.3, 0.4) is 0 Å². The highest BCUT2D eigenvalue weighted by molar-refractivity contribution is 14.1. The molecule has 0 fully saturated rings. The molecule has 1 nitrogen and oxygen atoms in total. The Balaban J connectivity index is 2.93. The van der Waals surface area contributed by atoms with Crippen LogP contribution in [0.5, 0.6) is 0 Å². The van der Waals surface area contributed by atoms with Gasteiger partial charge in [-0.3, -0.25) is 0 Å². The minimum absolute atomic E-state index is 0.407. The Bertz CT molecular complexity index is 398. The summed E-state index contributed by atoms with van der Waals surface area (Å²) in [5.74, 6) is 0. The minimum Gasteiger partial charge on any atom is -0.310 e. The van der Waals surface area contributed by atoms with Gasteiger partial charge in [0.15, 0.2) is 0 Å². The SMILES string of the molecule is C=C(CC)CC(NCCC)c1cccc(C)c1I. The van der Waals surface area contributed by atoms with Crippen LogP contribution in [0.15, 0.2) is 30.4 Å². The van der Waals surface area contributed by atoms with Crippen LogP contribution in [-0.4, -0.2) is 6.54 Å². The molecule has 0 heterocycles. The number of hydrogen-bond acceptors (Lipinski definition) is 1. The van der Waals surface area contributed by atoms with Crippen molar-refractivity contribution in [3.05, 3.63) is 45.0 Å². The van der Waals surface area contributed by atoms with Crippen LogP contribution in [0.25, 0.3) is 0 Å². The van der Waals surface area contributed by atoms with E-state index >= 15 is 0 Å². The van der Waals surface area contributed by atoms with Gasteiger partial charge in [-0.2, -0.15) is 0 Å². The highest BCUT2D eigenvalue weighted by Gasteiger charge is 2.15. The van der Waals surface area contributed by atoms with E-state index < -0.39 is 0 Å². The molecule has 0 radical (unpaired) electrons. The maximum absolute atomic E-state index is 4.16. The lowest BCUT2D eigenvalue weighted by atomic mass is 9.97. The fourth-order valence-electron chi connectivity index (χ4n) is 1.98. The molecule has 0 aliphatic rings. The molecule has 0 aromatic heterocycles. The second-order valence-electron chi connectivity index (χ2n) is 4.79. The number of halogens is 1. The summed E-state index contributed by atoms with van der Waals surface area (Å²) in [6.45, 7) is 11.8. The number of hydrogen-bond donors (Lipinski definition) is 1. The fourth-order valence-corrected chi connectivity index (χ4v) is 2.72. The number of rotatable bonds is 7. The van der Waals surface area contributed by atoms with Crippen LogP contribution in [0, 0.1) is 10.5 Å². The van der Waals surface area contributed by atoms with Gasteiger partial charge in [0, 0.05) is 9.61 Å². The lowest BCUT2D eigenvalue weighted by molar-refractivity contribution is 0.521. The van der Waals surface area contributed by atoms with Crippen LogP contribution in [0.4, 0.5) is 0 Å². The number of benzene rings is 1. The maximum atomic E-state index is 4.16. The molecule has 0 aliphatic carbocycles. The average Bonchev–Trinajstić information content (AvgIpc) is 2.37. The Labute approximate surface area is 125 Å². The molecule has 1 aromatic rings. The Morgan fingerprint density at radius 1 is 1.39 bits per heavy atom. The van der Waals surface area contributed by atoms with Gasteiger partial charge in [-0.05, 0) is 66.4 Å². The van der Waals surface area contributed by atoms with Crippen molar-refractivity contribution in [3.8, 4) is 0 Å². The zero-order valence-corrected chi connectivity index (χ0v) is 13.9. The minimum atomic E-state index is 0.407. The second-order valence-corrected chi connectivity index (χ2v) is 5.87. The fraction of sp³-hybridized carbons (Fsp3) is 0.500. The molecule has 2 heteroatoms. The van der Waals surface area contributed by atoms with Crippen molar-refractivity contribution in [3.63, 3.8) is 0 Å². The van der Waals surface area contributed by atoms with Gasteiger partial charge in [0.2, 0.25) is 0 Å². The Hall–Kier alpha value is -0.350. The number of aryl methyl sites for hydroxylation is 1. The van der Waals surface area contributed by atoms with Crippen molar-refractivity contribution < 1.29 is 0 Å². The Morgan fingerprint density at radius 3 is 2.72 bits per heavy atom. The lowest BCUT2D eigenvalue weighted by Crippen LogP contribution is -2.23. The largest absolute Gasteiger partial charge is 0.310 e. The van der Waals surface area contributed by atoms with E-state index in [4.69, 9.17) is 0 Å². The normalized spacial score (nSPS) is 12.4. The first-order valence-corrected chi connectivity index (χ1v) is 7.83. The highest BCUT2D eigenvalue weighted by atomic mass is 127.